The van der Waals surface area contributed by atoms with Crippen LogP contribution >= 0.6 is 0 Å². The topological polar surface area (TPSA) is 150 Å². The number of allylic oxidation sites excluding steroid dienone is 4. The predicted octanol–water partition coefficient (Wildman–Crippen LogP) is 2.54. The zero-order valence-electron chi connectivity index (χ0n) is 24.8. The molecule has 9 nitrogen and oxygen atoms in total. The number of nitrogen functional groups attached to an aromatic ring is 1. The maximum atomic E-state index is 17.7. The van der Waals surface area contributed by atoms with Crippen LogP contribution in [0.1, 0.15) is 50.4 Å². The number of benzene rings is 1. The Morgan fingerprint density at radius 3 is 2.58 bits per heavy atom. The Bertz CT molecular complexity index is 1400. The van der Waals surface area contributed by atoms with Gasteiger partial charge in [-0.3, -0.25) is 9.59 Å². The highest BCUT2D eigenvalue weighted by molar-refractivity contribution is 6.01. The van der Waals surface area contributed by atoms with Gasteiger partial charge in [-0.25, -0.2) is 13.6 Å². The zero-order valence-corrected chi connectivity index (χ0v) is 24.8. The van der Waals surface area contributed by atoms with E-state index in [0.29, 0.717) is 5.69 Å². The summed E-state index contributed by atoms with van der Waals surface area (Å²) in [5.74, 6) is -4.51. The van der Waals surface area contributed by atoms with Gasteiger partial charge in [0, 0.05) is 41.9 Å². The Kier molecular flexibility index (Phi) is 7.63. The number of aliphatic hydroxyl groups is 3. The normalized spacial score (nSPS) is 40.5. The van der Waals surface area contributed by atoms with E-state index >= 15 is 8.78 Å². The van der Waals surface area contributed by atoms with Crippen LogP contribution in [0.3, 0.4) is 0 Å². The van der Waals surface area contributed by atoms with Crippen LogP contribution in [-0.4, -0.2) is 87.7 Å². The quantitative estimate of drug-likeness (QED) is 0.287. The molecule has 3 saturated carbocycles. The molecule has 4 aliphatic carbocycles. The summed E-state index contributed by atoms with van der Waals surface area (Å²) in [7, 11) is 1.40. The standard InChI is InChI=1S/C32H40F2N2O7/c1-17-10-22-23-13-25(33)24-12-20(38)8-9-29(24,2)31(23,34)26(40)14-30(22,3)32(17,28(42)36(4)15-21(39)16-37)43-27(41)18-6-5-7-19(35)11-18/h5-9,11-12,17,21-23,25-26,37,39-40H,10,13-16,35H2,1-4H3/t17-,21?,22+,23+,25+,26+,29+,30+,31+,32+/m1/s1. The van der Waals surface area contributed by atoms with Gasteiger partial charge in [0.05, 0.1) is 24.4 Å². The minimum Gasteiger partial charge on any atom is -0.444 e. The number of nitrogens with zero attached hydrogens (tertiary/aromatic N) is 1. The molecule has 10 atom stereocenters. The number of ketones is 1. The summed E-state index contributed by atoms with van der Waals surface area (Å²) >= 11 is 0. The number of hydrogen-bond acceptors (Lipinski definition) is 8. The number of alkyl halides is 2. The molecule has 1 amide bonds. The van der Waals surface area contributed by atoms with Crippen molar-refractivity contribution < 1.29 is 43.2 Å². The van der Waals surface area contributed by atoms with Gasteiger partial charge in [0.2, 0.25) is 0 Å². The first-order chi connectivity index (χ1) is 20.1. The molecule has 11 heteroatoms. The molecule has 0 saturated heterocycles. The molecule has 0 bridgehead atoms. The fourth-order valence-corrected chi connectivity index (χ4v) is 8.85. The first kappa shape index (κ1) is 31.3. The first-order valence-corrected chi connectivity index (χ1v) is 14.7. The van der Waals surface area contributed by atoms with Crippen molar-refractivity contribution in [1.29, 1.82) is 0 Å². The molecule has 5 N–H and O–H groups in total. The van der Waals surface area contributed by atoms with Crippen molar-refractivity contribution in [2.24, 2.45) is 28.6 Å². The molecule has 0 aromatic heterocycles. The Balaban J connectivity index is 1.64. The lowest BCUT2D eigenvalue weighted by Crippen LogP contribution is -2.71. The van der Waals surface area contributed by atoms with Crippen molar-refractivity contribution in [3.05, 3.63) is 53.6 Å². The Morgan fingerprint density at radius 1 is 1.23 bits per heavy atom. The summed E-state index contributed by atoms with van der Waals surface area (Å²) < 4.78 is 39.8. The number of hydrogen-bond donors (Lipinski definition) is 4. The van der Waals surface area contributed by atoms with Crippen LogP contribution in [0, 0.1) is 28.6 Å². The molecule has 5 rings (SSSR count). The molecule has 1 aromatic rings. The van der Waals surface area contributed by atoms with Gasteiger partial charge >= 0.3 is 5.97 Å². The van der Waals surface area contributed by atoms with Crippen molar-refractivity contribution in [3.63, 3.8) is 0 Å². The van der Waals surface area contributed by atoms with E-state index in [1.54, 1.807) is 26.0 Å². The summed E-state index contributed by atoms with van der Waals surface area (Å²) in [4.78, 5) is 41.5. The molecule has 1 aromatic carbocycles. The highest BCUT2D eigenvalue weighted by Gasteiger charge is 2.78. The number of halogens is 2. The van der Waals surface area contributed by atoms with Crippen LogP contribution in [0.2, 0.25) is 0 Å². The van der Waals surface area contributed by atoms with Crippen LogP contribution in [0.4, 0.5) is 14.5 Å². The number of anilines is 1. The second-order valence-corrected chi connectivity index (χ2v) is 13.3. The van der Waals surface area contributed by atoms with E-state index in [4.69, 9.17) is 10.5 Å². The van der Waals surface area contributed by atoms with E-state index < -0.39 is 82.5 Å². The fraction of sp³-hybridized carbons (Fsp3) is 0.594. The van der Waals surface area contributed by atoms with Gasteiger partial charge in [-0.15, -0.1) is 0 Å². The Labute approximate surface area is 249 Å². The molecule has 234 valence electrons. The SMILES string of the molecule is C[C@@H]1C[C@H]2[C@@H]3C[C@H](F)C4=CC(=O)C=C[C@]4(C)[C@@]3(F)[C@@H](O)C[C@]2(C)[C@@]1(OC(=O)c1cccc(N)c1)C(=O)N(C)CC(O)CO. The van der Waals surface area contributed by atoms with Gasteiger partial charge in [-0.2, -0.15) is 0 Å². The van der Waals surface area contributed by atoms with Gasteiger partial charge in [0.1, 0.15) is 6.17 Å². The number of aliphatic hydroxyl groups excluding tert-OH is 3. The molecule has 0 aliphatic heterocycles. The maximum absolute atomic E-state index is 17.7. The third kappa shape index (κ3) is 4.29. The molecule has 0 radical (unpaired) electrons. The zero-order chi connectivity index (χ0) is 31.7. The maximum Gasteiger partial charge on any atom is 0.339 e. The number of fused-ring (bicyclic) bond motifs is 5. The molecular weight excluding hydrogens is 562 g/mol. The summed E-state index contributed by atoms with van der Waals surface area (Å²) in [5.41, 5.74) is -1.05. The molecule has 0 spiro atoms. The van der Waals surface area contributed by atoms with Crippen LogP contribution < -0.4 is 5.73 Å². The van der Waals surface area contributed by atoms with Crippen molar-refractivity contribution in [2.75, 3.05) is 25.9 Å². The number of nitrogens with two attached hydrogens (primary N) is 1. The minimum atomic E-state index is -2.38. The predicted molar refractivity (Wildman–Crippen MR) is 153 cm³/mol. The van der Waals surface area contributed by atoms with E-state index in [2.05, 4.69) is 0 Å². The summed E-state index contributed by atoms with van der Waals surface area (Å²) in [5, 5.41) is 31.3. The van der Waals surface area contributed by atoms with Crippen LogP contribution in [-0.2, 0) is 14.3 Å². The Morgan fingerprint density at radius 2 is 1.93 bits per heavy atom. The molecule has 3 fully saturated rings. The minimum absolute atomic E-state index is 0.0133. The number of esters is 1. The third-order valence-corrected chi connectivity index (χ3v) is 10.9. The second-order valence-electron chi connectivity index (χ2n) is 13.3. The lowest BCUT2D eigenvalue weighted by molar-refractivity contribution is -0.226. The van der Waals surface area contributed by atoms with E-state index in [0.717, 1.165) is 11.0 Å². The van der Waals surface area contributed by atoms with E-state index in [-0.39, 0.29) is 36.9 Å². The van der Waals surface area contributed by atoms with Gasteiger partial charge in [0.15, 0.2) is 17.1 Å². The molecule has 0 heterocycles. The van der Waals surface area contributed by atoms with Crippen LogP contribution in [0.25, 0.3) is 0 Å². The average Bonchev–Trinajstić information content (AvgIpc) is 3.17. The molecular formula is C32H40F2N2O7. The van der Waals surface area contributed by atoms with Crippen LogP contribution in [0.15, 0.2) is 48.1 Å². The lowest BCUT2D eigenvalue weighted by atomic mass is 9.44. The number of carbonyl (C=O) groups excluding carboxylic acids is 3. The number of carbonyl (C=O) groups is 3. The second kappa shape index (κ2) is 10.5. The van der Waals surface area contributed by atoms with E-state index in [1.165, 1.54) is 38.3 Å². The summed E-state index contributed by atoms with van der Waals surface area (Å²) in [6.07, 6.45) is -1.45. The number of ether oxygens (including phenoxy) is 1. The lowest BCUT2D eigenvalue weighted by Gasteiger charge is -2.63. The van der Waals surface area contributed by atoms with Crippen molar-refractivity contribution in [3.8, 4) is 0 Å². The number of likely N-dealkylation sites (N-methyl/N-ethyl adjacent to an activating group) is 1. The summed E-state index contributed by atoms with van der Waals surface area (Å²) in [6.45, 7) is 3.98. The monoisotopic (exact) mass is 602 g/mol. The average molecular weight is 603 g/mol. The highest BCUT2D eigenvalue weighted by Crippen LogP contribution is 2.71. The molecule has 43 heavy (non-hydrogen) atoms. The first-order valence-electron chi connectivity index (χ1n) is 14.7. The smallest absolute Gasteiger partial charge is 0.339 e. The van der Waals surface area contributed by atoms with Gasteiger partial charge in [0.25, 0.3) is 5.91 Å². The summed E-state index contributed by atoms with van der Waals surface area (Å²) in [6, 6.07) is 6.04. The van der Waals surface area contributed by atoms with Gasteiger partial charge < -0.3 is 30.7 Å². The highest BCUT2D eigenvalue weighted by atomic mass is 19.1. The van der Waals surface area contributed by atoms with Crippen molar-refractivity contribution in [1.82, 2.24) is 4.90 Å². The number of rotatable bonds is 6. The van der Waals surface area contributed by atoms with Crippen LogP contribution in [0.5, 0.6) is 0 Å². The molecule has 1 unspecified atom stereocenters. The largest absolute Gasteiger partial charge is 0.444 e. The fourth-order valence-electron chi connectivity index (χ4n) is 8.85. The third-order valence-electron chi connectivity index (χ3n) is 10.9. The van der Waals surface area contributed by atoms with E-state index in [1.807, 2.05) is 0 Å². The Hall–Kier alpha value is -3.15. The van der Waals surface area contributed by atoms with Crippen molar-refractivity contribution in [2.45, 2.75) is 69.7 Å². The van der Waals surface area contributed by atoms with Gasteiger partial charge in [-0.05, 0) is 68.0 Å². The number of amides is 1. The molecule has 4 aliphatic rings. The van der Waals surface area contributed by atoms with E-state index in [9.17, 15) is 29.7 Å². The van der Waals surface area contributed by atoms with Gasteiger partial charge in [-0.1, -0.05) is 26.0 Å². The van der Waals surface area contributed by atoms with Crippen molar-refractivity contribution >= 4 is 23.3 Å².